The predicted molar refractivity (Wildman–Crippen MR) is 90.8 cm³/mol. The Morgan fingerprint density at radius 3 is 2.23 bits per heavy atom. The van der Waals surface area contributed by atoms with Crippen molar-refractivity contribution >= 4 is 11.6 Å². The van der Waals surface area contributed by atoms with Gasteiger partial charge in [0.15, 0.2) is 0 Å². The second-order valence-corrected chi connectivity index (χ2v) is 5.92. The summed E-state index contributed by atoms with van der Waals surface area (Å²) in [5, 5.41) is -0.254. The lowest BCUT2D eigenvalue weighted by Gasteiger charge is -2.33. The molecular formula is C18H13ClF3N3O. The Morgan fingerprint density at radius 2 is 1.58 bits per heavy atom. The third-order valence-corrected chi connectivity index (χ3v) is 4.06. The van der Waals surface area contributed by atoms with Gasteiger partial charge in [0.25, 0.3) is 0 Å². The van der Waals surface area contributed by atoms with Crippen molar-refractivity contribution in [3.63, 3.8) is 0 Å². The van der Waals surface area contributed by atoms with Crippen LogP contribution < -0.4 is 4.74 Å². The summed E-state index contributed by atoms with van der Waals surface area (Å²) in [5.74, 6) is 0. The van der Waals surface area contributed by atoms with E-state index in [9.17, 15) is 13.2 Å². The number of hydrogen-bond acceptors (Lipinski definition) is 4. The summed E-state index contributed by atoms with van der Waals surface area (Å²) in [5.41, 5.74) is -1.72. The van der Waals surface area contributed by atoms with Gasteiger partial charge in [-0.25, -0.2) is 4.98 Å². The Hall–Kier alpha value is -2.67. The number of aromatic nitrogens is 3. The number of rotatable bonds is 4. The van der Waals surface area contributed by atoms with Crippen molar-refractivity contribution in [2.45, 2.75) is 18.7 Å². The molecule has 1 unspecified atom stereocenters. The van der Waals surface area contributed by atoms with Crippen molar-refractivity contribution in [1.82, 2.24) is 15.0 Å². The Kier molecular flexibility index (Phi) is 4.82. The van der Waals surface area contributed by atoms with Gasteiger partial charge >= 0.3 is 12.2 Å². The molecule has 0 bridgehead atoms. The van der Waals surface area contributed by atoms with Crippen molar-refractivity contribution in [2.24, 2.45) is 0 Å². The quantitative estimate of drug-likeness (QED) is 0.636. The van der Waals surface area contributed by atoms with Crippen LogP contribution in [0.1, 0.15) is 12.5 Å². The second kappa shape index (κ2) is 6.92. The van der Waals surface area contributed by atoms with Crippen molar-refractivity contribution in [2.75, 3.05) is 0 Å². The van der Waals surface area contributed by atoms with Gasteiger partial charge in [-0.15, -0.1) is 0 Å². The molecule has 0 aliphatic rings. The van der Waals surface area contributed by atoms with Crippen LogP contribution in [0.25, 0.3) is 11.1 Å². The van der Waals surface area contributed by atoms with Crippen LogP contribution in [-0.2, 0) is 5.60 Å². The molecule has 2 aromatic carbocycles. The molecule has 1 aromatic heterocycles. The molecule has 0 N–H and O–H groups in total. The van der Waals surface area contributed by atoms with Crippen LogP contribution in [0.2, 0.25) is 5.28 Å². The van der Waals surface area contributed by atoms with E-state index in [0.717, 1.165) is 13.3 Å². The van der Waals surface area contributed by atoms with Gasteiger partial charge in [0.05, 0.1) is 0 Å². The number of ether oxygens (including phenoxy) is 1. The third-order valence-electron chi connectivity index (χ3n) is 3.88. The van der Waals surface area contributed by atoms with Crippen LogP contribution >= 0.6 is 11.6 Å². The largest absolute Gasteiger partial charge is 0.442 e. The van der Waals surface area contributed by atoms with E-state index in [2.05, 4.69) is 15.0 Å². The maximum absolute atomic E-state index is 14.0. The average molecular weight is 380 g/mol. The van der Waals surface area contributed by atoms with E-state index in [1.54, 1.807) is 42.5 Å². The normalized spacial score (nSPS) is 13.9. The summed E-state index contributed by atoms with van der Waals surface area (Å²) < 4.78 is 47.4. The Bertz CT molecular complexity index is 905. The van der Waals surface area contributed by atoms with Gasteiger partial charge in [-0.3, -0.25) is 0 Å². The molecule has 4 nitrogen and oxygen atoms in total. The predicted octanol–water partition coefficient (Wildman–Crippen LogP) is 5.05. The molecule has 0 fully saturated rings. The van der Waals surface area contributed by atoms with Crippen molar-refractivity contribution in [1.29, 1.82) is 0 Å². The fraction of sp³-hybridized carbons (Fsp3) is 0.167. The molecule has 1 atom stereocenters. The Morgan fingerprint density at radius 1 is 0.923 bits per heavy atom. The maximum atomic E-state index is 14.0. The van der Waals surface area contributed by atoms with Gasteiger partial charge < -0.3 is 4.74 Å². The zero-order chi connectivity index (χ0) is 18.8. The number of halogens is 4. The van der Waals surface area contributed by atoms with Gasteiger partial charge in [-0.1, -0.05) is 54.6 Å². The topological polar surface area (TPSA) is 47.9 Å². The summed E-state index contributed by atoms with van der Waals surface area (Å²) in [6.45, 7) is 0.937. The molecular weight excluding hydrogens is 367 g/mol. The van der Waals surface area contributed by atoms with E-state index in [4.69, 9.17) is 16.3 Å². The second-order valence-electron chi connectivity index (χ2n) is 5.58. The van der Waals surface area contributed by atoms with E-state index in [-0.39, 0.29) is 10.8 Å². The molecule has 8 heteroatoms. The molecule has 0 saturated heterocycles. The molecule has 3 rings (SSSR count). The summed E-state index contributed by atoms with van der Waals surface area (Å²) in [6.07, 6.45) is -3.75. The molecule has 134 valence electrons. The number of hydrogen-bond donors (Lipinski definition) is 0. The standard InChI is InChI=1S/C18H13ClF3N3O/c1-17(18(20,21)22,26-16-24-11-23-15(19)25-16)14-10-6-5-9-13(14)12-7-3-2-4-8-12/h2-11H,1H3. The summed E-state index contributed by atoms with van der Waals surface area (Å²) in [4.78, 5) is 10.8. The SMILES string of the molecule is CC(Oc1ncnc(Cl)n1)(c1ccccc1-c1ccccc1)C(F)(F)F. The Labute approximate surface area is 152 Å². The van der Waals surface area contributed by atoms with Crippen molar-refractivity contribution in [3.8, 4) is 17.1 Å². The highest BCUT2D eigenvalue weighted by Gasteiger charge is 2.56. The van der Waals surface area contributed by atoms with Crippen molar-refractivity contribution in [3.05, 3.63) is 71.8 Å². The van der Waals surface area contributed by atoms with Crippen LogP contribution in [0, 0.1) is 0 Å². The van der Waals surface area contributed by atoms with Gasteiger partial charge in [-0.05, 0) is 29.7 Å². The fourth-order valence-electron chi connectivity index (χ4n) is 2.53. The average Bonchev–Trinajstić information content (AvgIpc) is 2.61. The summed E-state index contributed by atoms with van der Waals surface area (Å²) in [6, 6.07) is 14.4. The van der Waals surface area contributed by atoms with Crippen LogP contribution in [-0.4, -0.2) is 21.1 Å². The minimum atomic E-state index is -4.74. The van der Waals surface area contributed by atoms with Crippen LogP contribution in [0.4, 0.5) is 13.2 Å². The summed E-state index contributed by atoms with van der Waals surface area (Å²) >= 11 is 5.64. The smallest absolute Gasteiger partial charge is 0.432 e. The molecule has 0 radical (unpaired) electrons. The first-order chi connectivity index (χ1) is 12.3. The van der Waals surface area contributed by atoms with E-state index in [1.807, 2.05) is 0 Å². The minimum absolute atomic E-state index is 0.0600. The van der Waals surface area contributed by atoms with Gasteiger partial charge in [0, 0.05) is 5.56 Å². The zero-order valence-corrected chi connectivity index (χ0v) is 14.3. The lowest BCUT2D eigenvalue weighted by molar-refractivity contribution is -0.249. The summed E-state index contributed by atoms with van der Waals surface area (Å²) in [7, 11) is 0. The number of alkyl halides is 3. The molecule has 3 aromatic rings. The molecule has 26 heavy (non-hydrogen) atoms. The first kappa shape index (κ1) is 18.1. The zero-order valence-electron chi connectivity index (χ0n) is 13.5. The van der Waals surface area contributed by atoms with Crippen LogP contribution in [0.15, 0.2) is 60.9 Å². The van der Waals surface area contributed by atoms with Gasteiger partial charge in [0.1, 0.15) is 6.33 Å². The monoisotopic (exact) mass is 379 g/mol. The van der Waals surface area contributed by atoms with Gasteiger partial charge in [-0.2, -0.15) is 23.1 Å². The number of benzene rings is 2. The molecule has 0 spiro atoms. The lowest BCUT2D eigenvalue weighted by atomic mass is 9.87. The van der Waals surface area contributed by atoms with E-state index < -0.39 is 17.8 Å². The minimum Gasteiger partial charge on any atom is -0.442 e. The van der Waals surface area contributed by atoms with Gasteiger partial charge in [0.2, 0.25) is 10.9 Å². The van der Waals surface area contributed by atoms with E-state index in [0.29, 0.717) is 11.1 Å². The maximum Gasteiger partial charge on any atom is 0.432 e. The highest BCUT2D eigenvalue weighted by molar-refractivity contribution is 6.28. The molecule has 0 saturated carbocycles. The first-order valence-electron chi connectivity index (χ1n) is 7.56. The fourth-order valence-corrected chi connectivity index (χ4v) is 2.64. The Balaban J connectivity index is 2.16. The van der Waals surface area contributed by atoms with E-state index >= 15 is 0 Å². The van der Waals surface area contributed by atoms with Crippen LogP contribution in [0.5, 0.6) is 6.01 Å². The molecule has 0 amide bonds. The highest BCUT2D eigenvalue weighted by Crippen LogP contribution is 2.45. The molecule has 1 heterocycles. The lowest BCUT2D eigenvalue weighted by Crippen LogP contribution is -2.45. The number of nitrogens with zero attached hydrogens (tertiary/aromatic N) is 3. The van der Waals surface area contributed by atoms with Crippen molar-refractivity contribution < 1.29 is 17.9 Å². The van der Waals surface area contributed by atoms with Crippen LogP contribution in [0.3, 0.4) is 0 Å². The highest BCUT2D eigenvalue weighted by atomic mass is 35.5. The molecule has 0 aliphatic heterocycles. The first-order valence-corrected chi connectivity index (χ1v) is 7.94. The molecule has 0 aliphatic carbocycles. The van der Waals surface area contributed by atoms with E-state index in [1.165, 1.54) is 12.1 Å². The third kappa shape index (κ3) is 3.48.